The second-order valence-electron chi connectivity index (χ2n) is 5.12. The molecule has 1 aromatic rings. The number of amides is 1. The van der Waals surface area contributed by atoms with Gasteiger partial charge in [0.25, 0.3) is 0 Å². The molecule has 1 rings (SSSR count). The third-order valence-electron chi connectivity index (χ3n) is 2.70. The van der Waals surface area contributed by atoms with Gasteiger partial charge in [-0.2, -0.15) is 0 Å². The molecule has 20 heavy (non-hydrogen) atoms. The maximum Gasteiger partial charge on any atom is 0.223 e. The summed E-state index contributed by atoms with van der Waals surface area (Å²) in [4.78, 5) is 11.6. The van der Waals surface area contributed by atoms with Crippen molar-refractivity contribution in [3.8, 4) is 5.75 Å². The lowest BCUT2D eigenvalue weighted by Crippen LogP contribution is -2.33. The van der Waals surface area contributed by atoms with Gasteiger partial charge in [-0.25, -0.2) is 0 Å². The van der Waals surface area contributed by atoms with E-state index in [1.807, 2.05) is 26.0 Å². The summed E-state index contributed by atoms with van der Waals surface area (Å²) in [5, 5.41) is 12.9. The Balaban J connectivity index is 2.19. The first kappa shape index (κ1) is 16.8. The predicted octanol–water partition coefficient (Wildman–Crippen LogP) is 2.63. The van der Waals surface area contributed by atoms with Crippen molar-refractivity contribution in [2.45, 2.75) is 32.8 Å². The first-order valence-corrected chi connectivity index (χ1v) is 7.19. The van der Waals surface area contributed by atoms with Crippen LogP contribution < -0.4 is 10.1 Å². The second kappa shape index (κ2) is 8.82. The minimum atomic E-state index is -0.497. The van der Waals surface area contributed by atoms with Crippen molar-refractivity contribution < 1.29 is 14.6 Å². The zero-order valence-corrected chi connectivity index (χ0v) is 12.7. The monoisotopic (exact) mass is 299 g/mol. The number of benzene rings is 1. The molecule has 0 aliphatic carbocycles. The van der Waals surface area contributed by atoms with Gasteiger partial charge in [-0.15, -0.1) is 0 Å². The van der Waals surface area contributed by atoms with Crippen LogP contribution in [0.2, 0.25) is 5.02 Å². The average molecular weight is 300 g/mol. The lowest BCUT2D eigenvalue weighted by Gasteiger charge is -2.14. The van der Waals surface area contributed by atoms with E-state index in [-0.39, 0.29) is 25.5 Å². The van der Waals surface area contributed by atoms with Gasteiger partial charge < -0.3 is 15.2 Å². The van der Waals surface area contributed by atoms with Gasteiger partial charge >= 0.3 is 0 Å². The first-order valence-electron chi connectivity index (χ1n) is 6.81. The van der Waals surface area contributed by atoms with Gasteiger partial charge in [-0.3, -0.25) is 4.79 Å². The molecular formula is C15H22ClNO3. The van der Waals surface area contributed by atoms with E-state index in [9.17, 15) is 9.90 Å². The van der Waals surface area contributed by atoms with Crippen LogP contribution in [0, 0.1) is 5.92 Å². The fourth-order valence-corrected chi connectivity index (χ4v) is 1.95. The number of carbonyl (C=O) groups is 1. The highest BCUT2D eigenvalue weighted by molar-refractivity contribution is 6.32. The molecule has 0 bridgehead atoms. The molecule has 0 fully saturated rings. The molecule has 0 heterocycles. The Bertz CT molecular complexity index is 423. The van der Waals surface area contributed by atoms with Crippen molar-refractivity contribution in [1.29, 1.82) is 0 Å². The van der Waals surface area contributed by atoms with Crippen LogP contribution in [0.15, 0.2) is 24.3 Å². The van der Waals surface area contributed by atoms with Crippen LogP contribution in [0.3, 0.4) is 0 Å². The van der Waals surface area contributed by atoms with Crippen LogP contribution in [0.25, 0.3) is 0 Å². The summed E-state index contributed by atoms with van der Waals surface area (Å²) >= 11 is 5.93. The molecule has 0 aromatic heterocycles. The minimum absolute atomic E-state index is 0.139. The van der Waals surface area contributed by atoms with Gasteiger partial charge in [0, 0.05) is 6.54 Å². The summed E-state index contributed by atoms with van der Waals surface area (Å²) in [7, 11) is 0. The van der Waals surface area contributed by atoms with E-state index in [1.165, 1.54) is 0 Å². The number of carbonyl (C=O) groups excluding carboxylic acids is 1. The highest BCUT2D eigenvalue weighted by atomic mass is 35.5. The summed E-state index contributed by atoms with van der Waals surface area (Å²) in [6.07, 6.45) is 0.416. The number of hydrogen-bond acceptors (Lipinski definition) is 3. The molecule has 1 amide bonds. The molecule has 0 aliphatic heterocycles. The zero-order valence-electron chi connectivity index (χ0n) is 11.9. The van der Waals surface area contributed by atoms with E-state index in [0.717, 1.165) is 0 Å². The second-order valence-corrected chi connectivity index (χ2v) is 5.52. The molecule has 4 nitrogen and oxygen atoms in total. The lowest BCUT2D eigenvalue weighted by molar-refractivity contribution is -0.122. The Morgan fingerprint density at radius 2 is 2.10 bits per heavy atom. The predicted molar refractivity (Wildman–Crippen MR) is 80.0 cm³/mol. The lowest BCUT2D eigenvalue weighted by atomic mass is 10.1. The van der Waals surface area contributed by atoms with E-state index in [4.69, 9.17) is 16.3 Å². The van der Waals surface area contributed by atoms with Crippen molar-refractivity contribution >= 4 is 17.5 Å². The third kappa shape index (κ3) is 6.78. The largest absolute Gasteiger partial charge is 0.491 e. The molecular weight excluding hydrogens is 278 g/mol. The van der Waals surface area contributed by atoms with E-state index in [1.54, 1.807) is 12.1 Å². The molecule has 0 aliphatic rings. The minimum Gasteiger partial charge on any atom is -0.491 e. The Kier molecular flexibility index (Phi) is 7.41. The van der Waals surface area contributed by atoms with Crippen molar-refractivity contribution in [2.24, 2.45) is 5.92 Å². The number of aliphatic hydroxyl groups is 1. The molecule has 1 atom stereocenters. The Hall–Kier alpha value is -1.26. The Labute approximate surface area is 125 Å². The summed E-state index contributed by atoms with van der Waals surface area (Å²) in [6.45, 7) is 4.60. The number of rotatable bonds is 8. The molecule has 5 heteroatoms. The molecule has 0 saturated carbocycles. The van der Waals surface area contributed by atoms with E-state index in [2.05, 4.69) is 5.32 Å². The Morgan fingerprint density at radius 3 is 2.75 bits per heavy atom. The summed E-state index contributed by atoms with van der Waals surface area (Å²) in [5.41, 5.74) is 0. The maximum absolute atomic E-state index is 11.6. The van der Waals surface area contributed by atoms with Crippen molar-refractivity contribution in [3.63, 3.8) is 0 Å². The maximum atomic E-state index is 11.6. The van der Waals surface area contributed by atoms with Crippen LogP contribution in [-0.2, 0) is 4.79 Å². The van der Waals surface area contributed by atoms with Gasteiger partial charge in [0.1, 0.15) is 5.75 Å². The Morgan fingerprint density at radius 1 is 1.40 bits per heavy atom. The number of aliphatic hydroxyl groups excluding tert-OH is 1. The van der Waals surface area contributed by atoms with Gasteiger partial charge in [0.15, 0.2) is 0 Å². The standard InChI is InChI=1S/C15H22ClNO3/c1-11(2)9-12(18)10-17-15(19)7-8-20-14-6-4-3-5-13(14)16/h3-6,11-12,18H,7-10H2,1-2H3,(H,17,19). The number of hydrogen-bond donors (Lipinski definition) is 2. The quantitative estimate of drug-likeness (QED) is 0.776. The van der Waals surface area contributed by atoms with Crippen molar-refractivity contribution in [2.75, 3.05) is 13.2 Å². The molecule has 1 unspecified atom stereocenters. The fourth-order valence-electron chi connectivity index (χ4n) is 1.76. The third-order valence-corrected chi connectivity index (χ3v) is 3.01. The molecule has 2 N–H and O–H groups in total. The van der Waals surface area contributed by atoms with E-state index < -0.39 is 6.10 Å². The molecule has 0 spiro atoms. The number of para-hydroxylation sites is 1. The normalized spacial score (nSPS) is 12.2. The number of nitrogens with one attached hydrogen (secondary N) is 1. The molecule has 1 aromatic carbocycles. The zero-order chi connectivity index (χ0) is 15.0. The first-order chi connectivity index (χ1) is 9.49. The van der Waals surface area contributed by atoms with Crippen molar-refractivity contribution in [1.82, 2.24) is 5.32 Å². The smallest absolute Gasteiger partial charge is 0.223 e. The molecule has 0 saturated heterocycles. The summed E-state index contributed by atoms with van der Waals surface area (Å²) in [5.74, 6) is 0.840. The van der Waals surface area contributed by atoms with Crippen LogP contribution in [-0.4, -0.2) is 30.3 Å². The van der Waals surface area contributed by atoms with Gasteiger partial charge in [-0.05, 0) is 24.5 Å². The number of halogens is 1. The van der Waals surface area contributed by atoms with Gasteiger partial charge in [0.2, 0.25) is 5.91 Å². The summed E-state index contributed by atoms with van der Waals surface area (Å²) < 4.78 is 5.42. The van der Waals surface area contributed by atoms with Crippen LogP contribution in [0.1, 0.15) is 26.7 Å². The SMILES string of the molecule is CC(C)CC(O)CNC(=O)CCOc1ccccc1Cl. The van der Waals surface area contributed by atoms with Gasteiger partial charge in [0.05, 0.1) is 24.2 Å². The highest BCUT2D eigenvalue weighted by Gasteiger charge is 2.09. The van der Waals surface area contributed by atoms with E-state index >= 15 is 0 Å². The van der Waals surface area contributed by atoms with E-state index in [0.29, 0.717) is 23.1 Å². The van der Waals surface area contributed by atoms with Crippen LogP contribution >= 0.6 is 11.6 Å². The topological polar surface area (TPSA) is 58.6 Å². The average Bonchev–Trinajstić information content (AvgIpc) is 2.38. The van der Waals surface area contributed by atoms with Crippen molar-refractivity contribution in [3.05, 3.63) is 29.3 Å². The fraction of sp³-hybridized carbons (Fsp3) is 0.533. The summed E-state index contributed by atoms with van der Waals surface area (Å²) in [6, 6.07) is 7.13. The van der Waals surface area contributed by atoms with Crippen LogP contribution in [0.4, 0.5) is 0 Å². The van der Waals surface area contributed by atoms with Crippen LogP contribution in [0.5, 0.6) is 5.75 Å². The molecule has 0 radical (unpaired) electrons. The number of ether oxygens (including phenoxy) is 1. The van der Waals surface area contributed by atoms with Gasteiger partial charge in [-0.1, -0.05) is 37.6 Å². The molecule has 112 valence electrons. The highest BCUT2D eigenvalue weighted by Crippen LogP contribution is 2.22.